The van der Waals surface area contributed by atoms with Crippen molar-refractivity contribution in [1.29, 1.82) is 0 Å². The van der Waals surface area contributed by atoms with Crippen LogP contribution >= 0.6 is 11.6 Å². The maximum absolute atomic E-state index is 6.26. The monoisotopic (exact) mass is 385 g/mol. The number of guanidine groups is 1. The standard InChI is InChI=1S/C18H28ClN3O4/c1-20-18(21-5-3-7-24-9-8-23-2)22-6-4-14-12-15(19)17-16(13-14)25-10-11-26-17/h12-13H,3-11H2,1-2H3,(H2,20,21,22). The number of benzene rings is 1. The van der Waals surface area contributed by atoms with Gasteiger partial charge in [0.25, 0.3) is 0 Å². The Kier molecular flexibility index (Phi) is 9.38. The van der Waals surface area contributed by atoms with Crippen LogP contribution in [0.3, 0.4) is 0 Å². The summed E-state index contributed by atoms with van der Waals surface area (Å²) >= 11 is 6.26. The van der Waals surface area contributed by atoms with E-state index < -0.39 is 0 Å². The van der Waals surface area contributed by atoms with Gasteiger partial charge in [-0.2, -0.15) is 0 Å². The first-order valence-corrected chi connectivity index (χ1v) is 9.21. The van der Waals surface area contributed by atoms with Gasteiger partial charge in [0.05, 0.1) is 18.2 Å². The Bertz CT molecular complexity index is 584. The number of methoxy groups -OCH3 is 1. The van der Waals surface area contributed by atoms with Gasteiger partial charge in [0.1, 0.15) is 13.2 Å². The van der Waals surface area contributed by atoms with Crippen LogP contribution in [0.2, 0.25) is 5.02 Å². The second kappa shape index (κ2) is 11.8. The Morgan fingerprint density at radius 3 is 2.77 bits per heavy atom. The molecule has 0 bridgehead atoms. The summed E-state index contributed by atoms with van der Waals surface area (Å²) < 4.78 is 21.5. The van der Waals surface area contributed by atoms with E-state index in [1.807, 2.05) is 12.1 Å². The van der Waals surface area contributed by atoms with Crippen LogP contribution in [0.5, 0.6) is 11.5 Å². The Labute approximate surface area is 160 Å². The summed E-state index contributed by atoms with van der Waals surface area (Å²) in [5, 5.41) is 7.15. The lowest BCUT2D eigenvalue weighted by atomic mass is 10.1. The number of rotatable bonds is 10. The van der Waals surface area contributed by atoms with Gasteiger partial charge in [-0.1, -0.05) is 11.6 Å². The van der Waals surface area contributed by atoms with E-state index in [4.69, 9.17) is 30.5 Å². The maximum Gasteiger partial charge on any atom is 0.190 e. The van der Waals surface area contributed by atoms with Crippen molar-refractivity contribution in [1.82, 2.24) is 10.6 Å². The smallest absolute Gasteiger partial charge is 0.190 e. The van der Waals surface area contributed by atoms with E-state index in [-0.39, 0.29) is 0 Å². The number of nitrogens with zero attached hydrogens (tertiary/aromatic N) is 1. The van der Waals surface area contributed by atoms with Gasteiger partial charge in [0.15, 0.2) is 17.5 Å². The third-order valence-corrected chi connectivity index (χ3v) is 4.06. The van der Waals surface area contributed by atoms with Crippen molar-refractivity contribution in [2.45, 2.75) is 12.8 Å². The quantitative estimate of drug-likeness (QED) is 0.364. The summed E-state index contributed by atoms with van der Waals surface area (Å²) in [6, 6.07) is 3.90. The lowest BCUT2D eigenvalue weighted by Gasteiger charge is -2.20. The molecule has 1 aliphatic rings. The van der Waals surface area contributed by atoms with Gasteiger partial charge in [-0.05, 0) is 30.5 Å². The van der Waals surface area contributed by atoms with Crippen molar-refractivity contribution in [3.05, 3.63) is 22.7 Å². The van der Waals surface area contributed by atoms with Crippen LogP contribution in [0, 0.1) is 0 Å². The molecule has 7 nitrogen and oxygen atoms in total. The first-order chi connectivity index (χ1) is 12.7. The van der Waals surface area contributed by atoms with Crippen LogP contribution in [0.25, 0.3) is 0 Å². The van der Waals surface area contributed by atoms with Gasteiger partial charge < -0.3 is 29.6 Å². The third kappa shape index (κ3) is 6.90. The molecule has 0 radical (unpaired) electrons. The first-order valence-electron chi connectivity index (χ1n) is 8.84. The van der Waals surface area contributed by atoms with E-state index in [1.165, 1.54) is 0 Å². The average Bonchev–Trinajstić information content (AvgIpc) is 2.66. The minimum Gasteiger partial charge on any atom is -0.486 e. The zero-order chi connectivity index (χ0) is 18.6. The second-order valence-corrected chi connectivity index (χ2v) is 6.14. The van der Waals surface area contributed by atoms with Crippen LogP contribution in [0.1, 0.15) is 12.0 Å². The molecule has 0 spiro atoms. The van der Waals surface area contributed by atoms with E-state index in [0.717, 1.165) is 43.2 Å². The zero-order valence-electron chi connectivity index (χ0n) is 15.5. The Morgan fingerprint density at radius 1 is 1.15 bits per heavy atom. The van der Waals surface area contributed by atoms with Crippen molar-refractivity contribution >= 4 is 17.6 Å². The Hall–Kier alpha value is -1.70. The predicted octanol–water partition coefficient (Wildman–Crippen LogP) is 1.87. The molecule has 1 aromatic carbocycles. The highest BCUT2D eigenvalue weighted by molar-refractivity contribution is 6.32. The van der Waals surface area contributed by atoms with E-state index in [1.54, 1.807) is 14.2 Å². The zero-order valence-corrected chi connectivity index (χ0v) is 16.2. The van der Waals surface area contributed by atoms with Crippen molar-refractivity contribution < 1.29 is 18.9 Å². The number of hydrogen-bond donors (Lipinski definition) is 2. The molecule has 2 rings (SSSR count). The molecule has 1 aromatic rings. The van der Waals surface area contributed by atoms with Crippen molar-refractivity contribution in [2.75, 3.05) is 60.3 Å². The van der Waals surface area contributed by atoms with Gasteiger partial charge in [-0.15, -0.1) is 0 Å². The minimum atomic E-state index is 0.535. The molecule has 146 valence electrons. The van der Waals surface area contributed by atoms with Gasteiger partial charge in [0, 0.05) is 33.9 Å². The minimum absolute atomic E-state index is 0.535. The topological polar surface area (TPSA) is 73.3 Å². The number of ether oxygens (including phenoxy) is 4. The third-order valence-electron chi connectivity index (χ3n) is 3.78. The molecule has 0 saturated carbocycles. The molecule has 0 aromatic heterocycles. The first kappa shape index (κ1) is 20.6. The fourth-order valence-electron chi connectivity index (χ4n) is 2.48. The largest absolute Gasteiger partial charge is 0.486 e. The highest BCUT2D eigenvalue weighted by atomic mass is 35.5. The van der Waals surface area contributed by atoms with E-state index in [2.05, 4.69) is 15.6 Å². The van der Waals surface area contributed by atoms with Crippen LogP contribution < -0.4 is 20.1 Å². The molecule has 26 heavy (non-hydrogen) atoms. The highest BCUT2D eigenvalue weighted by Crippen LogP contribution is 2.38. The van der Waals surface area contributed by atoms with Crippen LogP contribution in [0.4, 0.5) is 0 Å². The van der Waals surface area contributed by atoms with Gasteiger partial charge in [0.2, 0.25) is 0 Å². The summed E-state index contributed by atoms with van der Waals surface area (Å²) in [5.74, 6) is 2.13. The lowest BCUT2D eigenvalue weighted by Crippen LogP contribution is -2.39. The lowest BCUT2D eigenvalue weighted by molar-refractivity contribution is 0.0698. The molecular formula is C18H28ClN3O4. The van der Waals surface area contributed by atoms with Crippen LogP contribution in [-0.4, -0.2) is 66.2 Å². The summed E-state index contributed by atoms with van der Waals surface area (Å²) in [5.41, 5.74) is 1.09. The number of fused-ring (bicyclic) bond motifs is 1. The molecule has 0 unspecified atom stereocenters. The van der Waals surface area contributed by atoms with Crippen molar-refractivity contribution in [3.63, 3.8) is 0 Å². The van der Waals surface area contributed by atoms with Crippen molar-refractivity contribution in [2.24, 2.45) is 4.99 Å². The summed E-state index contributed by atoms with van der Waals surface area (Å²) in [6.45, 7) is 4.57. The van der Waals surface area contributed by atoms with E-state index in [0.29, 0.717) is 43.8 Å². The Balaban J connectivity index is 1.67. The molecule has 2 N–H and O–H groups in total. The normalized spacial score (nSPS) is 13.6. The van der Waals surface area contributed by atoms with Crippen molar-refractivity contribution in [3.8, 4) is 11.5 Å². The molecule has 0 amide bonds. The fraction of sp³-hybridized carbons (Fsp3) is 0.611. The van der Waals surface area contributed by atoms with Gasteiger partial charge >= 0.3 is 0 Å². The number of halogens is 1. The molecule has 0 fully saturated rings. The SMILES string of the molecule is CN=C(NCCCOCCOC)NCCc1cc(Cl)c2c(c1)OCCO2. The molecule has 0 saturated heterocycles. The molecule has 0 atom stereocenters. The predicted molar refractivity (Wildman–Crippen MR) is 103 cm³/mol. The second-order valence-electron chi connectivity index (χ2n) is 5.74. The highest BCUT2D eigenvalue weighted by Gasteiger charge is 2.16. The molecule has 8 heteroatoms. The average molecular weight is 386 g/mol. The molecule has 1 aliphatic heterocycles. The molecule has 1 heterocycles. The number of hydrogen-bond acceptors (Lipinski definition) is 5. The van der Waals surface area contributed by atoms with Gasteiger partial charge in [-0.25, -0.2) is 0 Å². The summed E-state index contributed by atoms with van der Waals surface area (Å²) in [6.07, 6.45) is 1.71. The fourth-order valence-corrected chi connectivity index (χ4v) is 2.77. The van der Waals surface area contributed by atoms with E-state index >= 15 is 0 Å². The van der Waals surface area contributed by atoms with Crippen LogP contribution in [0.15, 0.2) is 17.1 Å². The summed E-state index contributed by atoms with van der Waals surface area (Å²) in [7, 11) is 3.42. The number of nitrogens with one attached hydrogen (secondary N) is 2. The van der Waals surface area contributed by atoms with E-state index in [9.17, 15) is 0 Å². The summed E-state index contributed by atoms with van der Waals surface area (Å²) in [4.78, 5) is 4.22. The van der Waals surface area contributed by atoms with Crippen LogP contribution in [-0.2, 0) is 15.9 Å². The maximum atomic E-state index is 6.26. The number of aliphatic imine (C=N–C) groups is 1. The molecular weight excluding hydrogens is 358 g/mol. The Morgan fingerprint density at radius 2 is 1.96 bits per heavy atom. The van der Waals surface area contributed by atoms with Gasteiger partial charge in [-0.3, -0.25) is 4.99 Å². The molecule has 0 aliphatic carbocycles.